The molecule has 0 radical (unpaired) electrons. The van der Waals surface area contributed by atoms with Crippen LogP contribution in [0.4, 0.5) is 0 Å². The highest BCUT2D eigenvalue weighted by Crippen LogP contribution is 2.31. The maximum absolute atomic E-state index is 12.7. The molecule has 0 fully saturated rings. The van der Waals surface area contributed by atoms with Crippen LogP contribution >= 0.6 is 0 Å². The lowest BCUT2D eigenvalue weighted by Crippen LogP contribution is -2.27. The molecule has 0 unspecified atom stereocenters. The quantitative estimate of drug-likeness (QED) is 0.759. The second kappa shape index (κ2) is 7.40. The second-order valence-corrected chi connectivity index (χ2v) is 6.44. The molecular weight excluding hydrogens is 324 g/mol. The van der Waals surface area contributed by atoms with Crippen LogP contribution in [0.15, 0.2) is 73.1 Å². The van der Waals surface area contributed by atoms with Gasteiger partial charge in [-0.15, -0.1) is 0 Å². The van der Waals surface area contributed by atoms with Crippen molar-refractivity contribution >= 4 is 5.91 Å². The van der Waals surface area contributed by atoms with Gasteiger partial charge in [0.1, 0.15) is 12.4 Å². The summed E-state index contributed by atoms with van der Waals surface area (Å²) in [5.41, 5.74) is 4.15. The van der Waals surface area contributed by atoms with E-state index in [4.69, 9.17) is 4.74 Å². The summed E-state index contributed by atoms with van der Waals surface area (Å²) >= 11 is 0. The van der Waals surface area contributed by atoms with E-state index in [1.54, 1.807) is 18.5 Å². The number of amides is 1. The maximum Gasteiger partial charge on any atom is 0.251 e. The second-order valence-electron chi connectivity index (χ2n) is 6.44. The first kappa shape index (κ1) is 16.3. The molecule has 0 bridgehead atoms. The zero-order valence-corrected chi connectivity index (χ0v) is 14.4. The summed E-state index contributed by atoms with van der Waals surface area (Å²) in [5, 5.41) is 3.15. The van der Waals surface area contributed by atoms with Crippen molar-refractivity contribution in [1.29, 1.82) is 0 Å². The minimum Gasteiger partial charge on any atom is -0.489 e. The third kappa shape index (κ3) is 3.59. The van der Waals surface area contributed by atoms with Gasteiger partial charge in [0.05, 0.1) is 6.04 Å². The van der Waals surface area contributed by atoms with Gasteiger partial charge in [-0.25, -0.2) is 0 Å². The zero-order valence-electron chi connectivity index (χ0n) is 14.4. The van der Waals surface area contributed by atoms with E-state index in [9.17, 15) is 4.79 Å². The van der Waals surface area contributed by atoms with Crippen LogP contribution in [0.25, 0.3) is 0 Å². The van der Waals surface area contributed by atoms with Crippen molar-refractivity contribution in [3.8, 4) is 5.75 Å². The number of aromatic nitrogens is 1. The van der Waals surface area contributed by atoms with Gasteiger partial charge < -0.3 is 10.1 Å². The minimum atomic E-state index is -0.0708. The molecule has 0 aliphatic heterocycles. The molecule has 1 aromatic heterocycles. The van der Waals surface area contributed by atoms with Crippen molar-refractivity contribution < 1.29 is 9.53 Å². The molecule has 1 amide bonds. The van der Waals surface area contributed by atoms with Crippen molar-refractivity contribution in [1.82, 2.24) is 10.3 Å². The van der Waals surface area contributed by atoms with E-state index >= 15 is 0 Å². The number of benzene rings is 2. The third-order valence-electron chi connectivity index (χ3n) is 4.66. The highest BCUT2D eigenvalue weighted by Gasteiger charge is 2.23. The Morgan fingerprint density at radius 1 is 1.12 bits per heavy atom. The Labute approximate surface area is 152 Å². The molecule has 4 rings (SSSR count). The Balaban J connectivity index is 1.42. The molecule has 26 heavy (non-hydrogen) atoms. The fourth-order valence-corrected chi connectivity index (χ4v) is 3.33. The lowest BCUT2D eigenvalue weighted by atomic mass is 10.1. The Bertz CT molecular complexity index is 909. The van der Waals surface area contributed by atoms with Crippen LogP contribution in [0.1, 0.15) is 39.5 Å². The smallest absolute Gasteiger partial charge is 0.251 e. The average molecular weight is 344 g/mol. The van der Waals surface area contributed by atoms with E-state index in [0.717, 1.165) is 18.4 Å². The predicted molar refractivity (Wildman–Crippen MR) is 100.0 cm³/mol. The van der Waals surface area contributed by atoms with E-state index in [1.807, 2.05) is 42.5 Å². The highest BCUT2D eigenvalue weighted by molar-refractivity contribution is 5.94. The Morgan fingerprint density at radius 2 is 2.04 bits per heavy atom. The Kier molecular flexibility index (Phi) is 4.65. The van der Waals surface area contributed by atoms with Gasteiger partial charge in [0, 0.05) is 23.5 Å². The van der Waals surface area contributed by atoms with E-state index < -0.39 is 0 Å². The minimum absolute atomic E-state index is 0.0708. The van der Waals surface area contributed by atoms with Crippen molar-refractivity contribution in [2.75, 3.05) is 0 Å². The molecule has 0 spiro atoms. The van der Waals surface area contributed by atoms with Crippen molar-refractivity contribution in [2.24, 2.45) is 0 Å². The number of carbonyl (C=O) groups is 1. The van der Waals surface area contributed by atoms with Gasteiger partial charge in [-0.2, -0.15) is 0 Å². The topological polar surface area (TPSA) is 51.2 Å². The van der Waals surface area contributed by atoms with Crippen LogP contribution in [0, 0.1) is 0 Å². The number of ether oxygens (including phenoxy) is 1. The van der Waals surface area contributed by atoms with Crippen molar-refractivity contribution in [3.63, 3.8) is 0 Å². The molecule has 130 valence electrons. The molecule has 1 aliphatic carbocycles. The largest absolute Gasteiger partial charge is 0.489 e. The first-order valence-corrected chi connectivity index (χ1v) is 8.80. The van der Waals surface area contributed by atoms with Crippen molar-refractivity contribution in [2.45, 2.75) is 25.5 Å². The van der Waals surface area contributed by atoms with Crippen LogP contribution in [-0.4, -0.2) is 10.9 Å². The monoisotopic (exact) mass is 344 g/mol. The van der Waals surface area contributed by atoms with Crippen LogP contribution in [0.5, 0.6) is 5.75 Å². The molecular formula is C22H20N2O2. The van der Waals surface area contributed by atoms with Crippen LogP contribution in [0.2, 0.25) is 0 Å². The van der Waals surface area contributed by atoms with Gasteiger partial charge in [0.15, 0.2) is 0 Å². The fourth-order valence-electron chi connectivity index (χ4n) is 3.33. The van der Waals surface area contributed by atoms with Gasteiger partial charge >= 0.3 is 0 Å². The molecule has 0 saturated heterocycles. The number of nitrogens with zero attached hydrogens (tertiary/aromatic N) is 1. The summed E-state index contributed by atoms with van der Waals surface area (Å²) in [6.45, 7) is 0.426. The average Bonchev–Trinajstić information content (AvgIpc) is 3.10. The predicted octanol–water partition coefficient (Wildman–Crippen LogP) is 4.08. The summed E-state index contributed by atoms with van der Waals surface area (Å²) in [7, 11) is 0. The van der Waals surface area contributed by atoms with E-state index in [2.05, 4.69) is 22.4 Å². The Hall–Kier alpha value is -3.14. The van der Waals surface area contributed by atoms with E-state index in [-0.39, 0.29) is 11.9 Å². The van der Waals surface area contributed by atoms with Gasteiger partial charge in [0.25, 0.3) is 5.91 Å². The summed E-state index contributed by atoms with van der Waals surface area (Å²) in [6, 6.07) is 19.5. The molecule has 4 heteroatoms. The first-order chi connectivity index (χ1) is 12.8. The number of nitrogens with one attached hydrogen (secondary N) is 1. The zero-order chi connectivity index (χ0) is 17.8. The molecule has 1 N–H and O–H groups in total. The standard InChI is InChI=1S/C22H20N2O2/c25-22(24-21-11-10-17-6-1-2-9-20(17)21)18-7-3-8-19(13-18)26-15-16-5-4-12-23-14-16/h1-9,12-14,21H,10-11,15H2,(H,24,25)/t21-/m0/s1. The molecule has 1 aliphatic rings. The Morgan fingerprint density at radius 3 is 2.92 bits per heavy atom. The number of pyridine rings is 1. The number of aryl methyl sites for hydroxylation is 1. The molecule has 1 heterocycles. The summed E-state index contributed by atoms with van der Waals surface area (Å²) < 4.78 is 5.79. The molecule has 2 aromatic carbocycles. The van der Waals surface area contributed by atoms with E-state index in [1.165, 1.54) is 11.1 Å². The van der Waals surface area contributed by atoms with E-state index in [0.29, 0.717) is 17.9 Å². The number of rotatable bonds is 5. The third-order valence-corrected chi connectivity index (χ3v) is 4.66. The van der Waals surface area contributed by atoms with Crippen LogP contribution < -0.4 is 10.1 Å². The maximum atomic E-state index is 12.7. The summed E-state index contributed by atoms with van der Waals surface area (Å²) in [4.78, 5) is 16.7. The van der Waals surface area contributed by atoms with Gasteiger partial charge in [-0.3, -0.25) is 9.78 Å². The summed E-state index contributed by atoms with van der Waals surface area (Å²) in [5.74, 6) is 0.604. The first-order valence-electron chi connectivity index (χ1n) is 8.80. The SMILES string of the molecule is O=C(N[C@H]1CCc2ccccc21)c1cccc(OCc2cccnc2)c1. The van der Waals surface area contributed by atoms with Crippen LogP contribution in [-0.2, 0) is 13.0 Å². The van der Waals surface area contributed by atoms with Crippen molar-refractivity contribution in [3.05, 3.63) is 95.3 Å². The number of hydrogen-bond acceptors (Lipinski definition) is 3. The van der Waals surface area contributed by atoms with Gasteiger partial charge in [0.2, 0.25) is 0 Å². The molecule has 3 aromatic rings. The number of fused-ring (bicyclic) bond motifs is 1. The highest BCUT2D eigenvalue weighted by atomic mass is 16.5. The summed E-state index contributed by atoms with van der Waals surface area (Å²) in [6.07, 6.45) is 5.46. The van der Waals surface area contributed by atoms with Gasteiger partial charge in [-0.1, -0.05) is 36.4 Å². The van der Waals surface area contributed by atoms with Gasteiger partial charge in [-0.05, 0) is 48.2 Å². The fraction of sp³-hybridized carbons (Fsp3) is 0.182. The molecule has 1 atom stereocenters. The molecule has 4 nitrogen and oxygen atoms in total. The lowest BCUT2D eigenvalue weighted by molar-refractivity contribution is 0.0936. The van der Waals surface area contributed by atoms with Crippen LogP contribution in [0.3, 0.4) is 0 Å². The number of carbonyl (C=O) groups excluding carboxylic acids is 1. The lowest BCUT2D eigenvalue weighted by Gasteiger charge is -2.15. The normalized spacial score (nSPS) is 15.3. The number of hydrogen-bond donors (Lipinski definition) is 1. The molecule has 0 saturated carbocycles.